The van der Waals surface area contributed by atoms with Gasteiger partial charge < -0.3 is 20.8 Å². The molecular weight excluding hydrogens is 242 g/mol. The summed E-state index contributed by atoms with van der Waals surface area (Å²) >= 11 is 0. The number of anilines is 1. The lowest BCUT2D eigenvalue weighted by Gasteiger charge is -2.09. The predicted octanol–water partition coefficient (Wildman–Crippen LogP) is 2.62. The van der Waals surface area contributed by atoms with Crippen LogP contribution in [0.2, 0.25) is 0 Å². The Hall–Kier alpha value is -2.27. The second kappa shape index (κ2) is 6.06. The van der Waals surface area contributed by atoms with Crippen LogP contribution in [-0.2, 0) is 6.54 Å². The van der Waals surface area contributed by atoms with Gasteiger partial charge in [0, 0.05) is 11.7 Å². The van der Waals surface area contributed by atoms with Gasteiger partial charge in [0.05, 0.1) is 12.8 Å². The lowest BCUT2D eigenvalue weighted by molar-refractivity contribution is 0.251. The Bertz CT molecular complexity index is 518. The van der Waals surface area contributed by atoms with Crippen molar-refractivity contribution < 1.29 is 9.21 Å². The van der Waals surface area contributed by atoms with Crippen LogP contribution in [0.5, 0.6) is 0 Å². The van der Waals surface area contributed by atoms with Crippen LogP contribution >= 0.6 is 0 Å². The monoisotopic (exact) mass is 259 g/mol. The summed E-state index contributed by atoms with van der Waals surface area (Å²) in [7, 11) is 0. The van der Waals surface area contributed by atoms with Crippen LogP contribution in [-0.4, -0.2) is 6.03 Å². The SMILES string of the molecule is CC(N)c1ccc(NC(=O)NCc2ccco2)cc1. The topological polar surface area (TPSA) is 80.3 Å². The van der Waals surface area contributed by atoms with Gasteiger partial charge in [-0.3, -0.25) is 0 Å². The summed E-state index contributed by atoms with van der Waals surface area (Å²) in [6.45, 7) is 2.27. The molecule has 0 aliphatic carbocycles. The van der Waals surface area contributed by atoms with E-state index in [1.807, 2.05) is 31.2 Å². The van der Waals surface area contributed by atoms with Gasteiger partial charge in [-0.05, 0) is 36.8 Å². The Kier molecular flexibility index (Phi) is 4.20. The second-order valence-electron chi connectivity index (χ2n) is 4.30. The van der Waals surface area contributed by atoms with E-state index in [9.17, 15) is 4.79 Å². The molecule has 1 heterocycles. The number of furan rings is 1. The summed E-state index contributed by atoms with van der Waals surface area (Å²) in [5.74, 6) is 0.711. The number of carbonyl (C=O) groups is 1. The second-order valence-corrected chi connectivity index (χ2v) is 4.30. The lowest BCUT2D eigenvalue weighted by Crippen LogP contribution is -2.27. The van der Waals surface area contributed by atoms with Crippen molar-refractivity contribution in [3.63, 3.8) is 0 Å². The molecule has 0 bridgehead atoms. The number of nitrogens with one attached hydrogen (secondary N) is 2. The number of carbonyl (C=O) groups excluding carboxylic acids is 1. The summed E-state index contributed by atoms with van der Waals surface area (Å²) in [4.78, 5) is 11.6. The third kappa shape index (κ3) is 3.86. The molecule has 2 amide bonds. The standard InChI is InChI=1S/C14H17N3O2/c1-10(15)11-4-6-12(7-5-11)17-14(18)16-9-13-3-2-8-19-13/h2-8,10H,9,15H2,1H3,(H2,16,17,18). The number of nitrogens with two attached hydrogens (primary N) is 1. The molecule has 1 unspecified atom stereocenters. The molecule has 1 aromatic heterocycles. The van der Waals surface area contributed by atoms with E-state index in [4.69, 9.17) is 10.2 Å². The van der Waals surface area contributed by atoms with Gasteiger partial charge in [-0.1, -0.05) is 12.1 Å². The minimum atomic E-state index is -0.273. The molecule has 1 atom stereocenters. The zero-order valence-electron chi connectivity index (χ0n) is 10.7. The van der Waals surface area contributed by atoms with Gasteiger partial charge in [-0.2, -0.15) is 0 Å². The zero-order chi connectivity index (χ0) is 13.7. The maximum Gasteiger partial charge on any atom is 0.319 e. The maximum atomic E-state index is 11.6. The van der Waals surface area contributed by atoms with Gasteiger partial charge in [0.25, 0.3) is 0 Å². The normalized spacial score (nSPS) is 11.9. The van der Waals surface area contributed by atoms with Crippen molar-refractivity contribution in [3.05, 3.63) is 54.0 Å². The van der Waals surface area contributed by atoms with Gasteiger partial charge in [0.2, 0.25) is 0 Å². The molecule has 0 fully saturated rings. The zero-order valence-corrected chi connectivity index (χ0v) is 10.7. The molecule has 4 N–H and O–H groups in total. The molecule has 2 aromatic rings. The number of benzene rings is 1. The summed E-state index contributed by atoms with van der Waals surface area (Å²) in [6.07, 6.45) is 1.57. The van der Waals surface area contributed by atoms with E-state index < -0.39 is 0 Å². The summed E-state index contributed by atoms with van der Waals surface area (Å²) in [5, 5.41) is 5.44. The highest BCUT2D eigenvalue weighted by atomic mass is 16.3. The quantitative estimate of drug-likeness (QED) is 0.789. The minimum absolute atomic E-state index is 0.0122. The average molecular weight is 259 g/mol. The Morgan fingerprint density at radius 3 is 2.63 bits per heavy atom. The predicted molar refractivity (Wildman–Crippen MR) is 73.6 cm³/mol. The molecule has 5 heteroatoms. The van der Waals surface area contributed by atoms with Crippen LogP contribution in [0, 0.1) is 0 Å². The Labute approximate surface area is 111 Å². The number of urea groups is 1. The van der Waals surface area contributed by atoms with Crippen molar-refractivity contribution in [1.82, 2.24) is 5.32 Å². The van der Waals surface area contributed by atoms with Crippen molar-refractivity contribution in [2.75, 3.05) is 5.32 Å². The van der Waals surface area contributed by atoms with Gasteiger partial charge >= 0.3 is 6.03 Å². The number of amides is 2. The van der Waals surface area contributed by atoms with E-state index >= 15 is 0 Å². The largest absolute Gasteiger partial charge is 0.467 e. The van der Waals surface area contributed by atoms with Crippen LogP contribution in [0.1, 0.15) is 24.3 Å². The molecule has 0 radical (unpaired) electrons. The molecule has 0 spiro atoms. The first-order valence-electron chi connectivity index (χ1n) is 6.08. The lowest BCUT2D eigenvalue weighted by atomic mass is 10.1. The van der Waals surface area contributed by atoms with Crippen LogP contribution in [0.3, 0.4) is 0 Å². The Balaban J connectivity index is 1.84. The van der Waals surface area contributed by atoms with Crippen molar-refractivity contribution in [3.8, 4) is 0 Å². The van der Waals surface area contributed by atoms with Gasteiger partial charge in [0.15, 0.2) is 0 Å². The fraction of sp³-hybridized carbons (Fsp3) is 0.214. The molecule has 100 valence electrons. The number of hydrogen-bond acceptors (Lipinski definition) is 3. The van der Waals surface area contributed by atoms with E-state index in [1.165, 1.54) is 0 Å². The first-order chi connectivity index (χ1) is 9.15. The van der Waals surface area contributed by atoms with E-state index in [1.54, 1.807) is 18.4 Å². The summed E-state index contributed by atoms with van der Waals surface area (Å²) < 4.78 is 5.12. The molecule has 1 aromatic carbocycles. The molecule has 0 aliphatic rings. The number of rotatable bonds is 4. The van der Waals surface area contributed by atoms with Gasteiger partial charge in [0.1, 0.15) is 5.76 Å². The first-order valence-corrected chi connectivity index (χ1v) is 6.08. The van der Waals surface area contributed by atoms with Crippen LogP contribution < -0.4 is 16.4 Å². The third-order valence-corrected chi connectivity index (χ3v) is 2.70. The Morgan fingerprint density at radius 2 is 2.05 bits per heavy atom. The smallest absolute Gasteiger partial charge is 0.319 e. The van der Waals surface area contributed by atoms with Crippen molar-refractivity contribution in [2.45, 2.75) is 19.5 Å². The summed E-state index contributed by atoms with van der Waals surface area (Å²) in [6, 6.07) is 10.7. The van der Waals surface area contributed by atoms with E-state index in [0.29, 0.717) is 12.3 Å². The van der Waals surface area contributed by atoms with E-state index in [-0.39, 0.29) is 12.1 Å². The Morgan fingerprint density at radius 1 is 1.32 bits per heavy atom. The fourth-order valence-electron chi connectivity index (χ4n) is 1.63. The van der Waals surface area contributed by atoms with Gasteiger partial charge in [-0.15, -0.1) is 0 Å². The van der Waals surface area contributed by atoms with Crippen LogP contribution in [0.4, 0.5) is 10.5 Å². The third-order valence-electron chi connectivity index (χ3n) is 2.70. The average Bonchev–Trinajstić information content (AvgIpc) is 2.90. The molecule has 0 aliphatic heterocycles. The molecular formula is C14H17N3O2. The maximum absolute atomic E-state index is 11.6. The summed E-state index contributed by atoms with van der Waals surface area (Å²) in [5.41, 5.74) is 7.51. The molecule has 2 rings (SSSR count). The van der Waals surface area contributed by atoms with Crippen molar-refractivity contribution >= 4 is 11.7 Å². The fourth-order valence-corrected chi connectivity index (χ4v) is 1.63. The highest BCUT2D eigenvalue weighted by molar-refractivity contribution is 5.89. The van der Waals surface area contributed by atoms with Crippen molar-refractivity contribution in [1.29, 1.82) is 0 Å². The van der Waals surface area contributed by atoms with Crippen LogP contribution in [0.25, 0.3) is 0 Å². The van der Waals surface area contributed by atoms with E-state index in [0.717, 1.165) is 11.3 Å². The molecule has 19 heavy (non-hydrogen) atoms. The first kappa shape index (κ1) is 13.2. The van der Waals surface area contributed by atoms with Crippen molar-refractivity contribution in [2.24, 2.45) is 5.73 Å². The van der Waals surface area contributed by atoms with E-state index in [2.05, 4.69) is 10.6 Å². The highest BCUT2D eigenvalue weighted by Crippen LogP contribution is 2.14. The molecule has 0 saturated carbocycles. The molecule has 5 nitrogen and oxygen atoms in total. The van der Waals surface area contributed by atoms with Gasteiger partial charge in [-0.25, -0.2) is 4.79 Å². The minimum Gasteiger partial charge on any atom is -0.467 e. The molecule has 0 saturated heterocycles. The van der Waals surface area contributed by atoms with Crippen LogP contribution in [0.15, 0.2) is 47.1 Å². The number of hydrogen-bond donors (Lipinski definition) is 3. The highest BCUT2D eigenvalue weighted by Gasteiger charge is 2.04.